The van der Waals surface area contributed by atoms with Gasteiger partial charge < -0.3 is 10.6 Å². The summed E-state index contributed by atoms with van der Waals surface area (Å²) in [5.74, 6) is -3.88. The molecule has 6 heteroatoms. The lowest BCUT2D eigenvalue weighted by Gasteiger charge is -2.37. The Morgan fingerprint density at radius 3 is 2.63 bits per heavy atom. The molecule has 1 unspecified atom stereocenters. The second kappa shape index (κ2) is 6.13. The van der Waals surface area contributed by atoms with Crippen LogP contribution in [0.15, 0.2) is 0 Å². The maximum Gasteiger partial charge on any atom is 0.330 e. The minimum absolute atomic E-state index is 0.0773. The number of rotatable bonds is 4. The molecule has 1 aliphatic heterocycles. The van der Waals surface area contributed by atoms with Crippen LogP contribution < -0.4 is 5.73 Å². The van der Waals surface area contributed by atoms with E-state index in [0.717, 1.165) is 0 Å². The molecular formula is C13H24F2N2O2. The number of hydrogen-bond acceptors (Lipinski definition) is 4. The Kier molecular flexibility index (Phi) is 5.26. The second-order valence-corrected chi connectivity index (χ2v) is 6.16. The Bertz CT molecular complexity index is 316. The Hall–Kier alpha value is -0.750. The van der Waals surface area contributed by atoms with Crippen molar-refractivity contribution >= 4 is 5.97 Å². The van der Waals surface area contributed by atoms with Crippen molar-refractivity contribution in [2.45, 2.75) is 46.0 Å². The molecule has 112 valence electrons. The van der Waals surface area contributed by atoms with Gasteiger partial charge in [0.15, 0.2) is 0 Å². The Balaban J connectivity index is 2.58. The maximum atomic E-state index is 13.7. The lowest BCUT2D eigenvalue weighted by Crippen LogP contribution is -2.48. The third-order valence-corrected chi connectivity index (χ3v) is 3.30. The van der Waals surface area contributed by atoms with Crippen LogP contribution >= 0.6 is 0 Å². The van der Waals surface area contributed by atoms with Crippen LogP contribution in [0.4, 0.5) is 8.78 Å². The highest BCUT2D eigenvalue weighted by Crippen LogP contribution is 2.36. The highest BCUT2D eigenvalue weighted by molar-refractivity contribution is 5.75. The quantitative estimate of drug-likeness (QED) is 0.856. The van der Waals surface area contributed by atoms with Crippen molar-refractivity contribution in [2.75, 3.05) is 19.6 Å². The van der Waals surface area contributed by atoms with E-state index in [4.69, 9.17) is 10.6 Å². The minimum Gasteiger partial charge on any atom is -0.367 e. The molecular weight excluding hydrogens is 254 g/mol. The lowest BCUT2D eigenvalue weighted by atomic mass is 9.90. The smallest absolute Gasteiger partial charge is 0.330 e. The first-order chi connectivity index (χ1) is 8.66. The molecule has 0 amide bonds. The van der Waals surface area contributed by atoms with Gasteiger partial charge in [-0.2, -0.15) is 0 Å². The van der Waals surface area contributed by atoms with Gasteiger partial charge in [0.2, 0.25) is 0 Å². The molecule has 0 spiro atoms. The van der Waals surface area contributed by atoms with Crippen molar-refractivity contribution in [2.24, 2.45) is 17.1 Å². The van der Waals surface area contributed by atoms with E-state index in [9.17, 15) is 13.6 Å². The van der Waals surface area contributed by atoms with E-state index in [0.29, 0.717) is 19.4 Å². The van der Waals surface area contributed by atoms with Gasteiger partial charge in [-0.15, -0.1) is 5.06 Å². The maximum absolute atomic E-state index is 13.7. The Morgan fingerprint density at radius 2 is 2.11 bits per heavy atom. The number of carbonyl (C=O) groups is 1. The number of halogens is 2. The number of hydroxylamine groups is 2. The monoisotopic (exact) mass is 278 g/mol. The molecule has 0 saturated carbocycles. The van der Waals surface area contributed by atoms with Crippen molar-refractivity contribution in [3.05, 3.63) is 0 Å². The van der Waals surface area contributed by atoms with Gasteiger partial charge >= 0.3 is 5.97 Å². The number of alkyl halides is 2. The lowest BCUT2D eigenvalue weighted by molar-refractivity contribution is -0.231. The van der Waals surface area contributed by atoms with Gasteiger partial charge in [-0.3, -0.25) is 0 Å². The summed E-state index contributed by atoms with van der Waals surface area (Å²) in [6.07, 6.45) is 0.633. The fourth-order valence-electron chi connectivity index (χ4n) is 1.95. The van der Waals surface area contributed by atoms with Gasteiger partial charge in [0, 0.05) is 25.4 Å². The van der Waals surface area contributed by atoms with Crippen LogP contribution in [-0.4, -0.2) is 36.6 Å². The average molecular weight is 278 g/mol. The van der Waals surface area contributed by atoms with Gasteiger partial charge in [0.05, 0.1) is 5.41 Å². The van der Waals surface area contributed by atoms with E-state index < -0.39 is 23.2 Å². The van der Waals surface area contributed by atoms with Gasteiger partial charge in [0.25, 0.3) is 5.92 Å². The standard InChI is InChI=1S/C13H24F2N2O2/c1-12(2,3)11(18)19-17-8-6-13(14,15)10(9-17)5-4-7-16/h10H,4-9,16H2,1-3H3. The third-order valence-electron chi connectivity index (χ3n) is 3.30. The van der Waals surface area contributed by atoms with Gasteiger partial charge in [-0.05, 0) is 40.2 Å². The molecule has 1 fully saturated rings. The number of piperidine rings is 1. The van der Waals surface area contributed by atoms with Gasteiger partial charge in [-0.25, -0.2) is 13.6 Å². The van der Waals surface area contributed by atoms with Gasteiger partial charge in [0.1, 0.15) is 0 Å². The van der Waals surface area contributed by atoms with Crippen LogP contribution in [0.25, 0.3) is 0 Å². The van der Waals surface area contributed by atoms with Crippen molar-refractivity contribution in [3.8, 4) is 0 Å². The SMILES string of the molecule is CC(C)(C)C(=O)ON1CCC(F)(F)C(CCCN)C1. The molecule has 1 atom stereocenters. The average Bonchev–Trinajstić information content (AvgIpc) is 2.28. The molecule has 2 N–H and O–H groups in total. The fourth-order valence-corrected chi connectivity index (χ4v) is 1.95. The van der Waals surface area contributed by atoms with Crippen molar-refractivity contribution in [3.63, 3.8) is 0 Å². The molecule has 0 aliphatic carbocycles. The molecule has 4 nitrogen and oxygen atoms in total. The van der Waals surface area contributed by atoms with E-state index >= 15 is 0 Å². The van der Waals surface area contributed by atoms with E-state index in [-0.39, 0.29) is 19.5 Å². The van der Waals surface area contributed by atoms with Crippen molar-refractivity contribution in [1.82, 2.24) is 5.06 Å². The van der Waals surface area contributed by atoms with Crippen LogP contribution in [-0.2, 0) is 9.63 Å². The first-order valence-corrected chi connectivity index (χ1v) is 6.72. The number of hydrogen-bond donors (Lipinski definition) is 1. The van der Waals surface area contributed by atoms with Crippen LogP contribution in [0.5, 0.6) is 0 Å². The predicted octanol–water partition coefficient (Wildman–Crippen LogP) is 2.19. The number of nitrogens with zero attached hydrogens (tertiary/aromatic N) is 1. The normalized spacial score (nSPS) is 24.2. The first kappa shape index (κ1) is 16.3. The topological polar surface area (TPSA) is 55.6 Å². The first-order valence-electron chi connectivity index (χ1n) is 6.72. The predicted molar refractivity (Wildman–Crippen MR) is 68.5 cm³/mol. The van der Waals surface area contributed by atoms with E-state index in [2.05, 4.69) is 0 Å². The van der Waals surface area contributed by atoms with Crippen molar-refractivity contribution < 1.29 is 18.4 Å². The van der Waals surface area contributed by atoms with Crippen LogP contribution in [0, 0.1) is 11.3 Å². The molecule has 0 aromatic heterocycles. The molecule has 1 aliphatic rings. The highest BCUT2D eigenvalue weighted by atomic mass is 19.3. The zero-order valence-corrected chi connectivity index (χ0v) is 11.9. The summed E-state index contributed by atoms with van der Waals surface area (Å²) in [7, 11) is 0. The van der Waals surface area contributed by atoms with E-state index in [1.807, 2.05) is 0 Å². The number of nitrogens with two attached hydrogens (primary N) is 1. The summed E-state index contributed by atoms with van der Waals surface area (Å²) in [4.78, 5) is 16.9. The summed E-state index contributed by atoms with van der Waals surface area (Å²) >= 11 is 0. The number of carbonyl (C=O) groups excluding carboxylic acids is 1. The molecule has 0 aromatic carbocycles. The molecule has 19 heavy (non-hydrogen) atoms. The second-order valence-electron chi connectivity index (χ2n) is 6.16. The summed E-state index contributed by atoms with van der Waals surface area (Å²) in [5.41, 5.74) is 4.73. The van der Waals surface area contributed by atoms with E-state index in [1.54, 1.807) is 20.8 Å². The summed E-state index contributed by atoms with van der Waals surface area (Å²) in [6.45, 7) is 5.76. The third kappa shape index (κ3) is 4.69. The van der Waals surface area contributed by atoms with Gasteiger partial charge in [-0.1, -0.05) is 0 Å². The summed E-state index contributed by atoms with van der Waals surface area (Å²) < 4.78 is 27.5. The highest BCUT2D eigenvalue weighted by Gasteiger charge is 2.44. The van der Waals surface area contributed by atoms with Crippen molar-refractivity contribution in [1.29, 1.82) is 0 Å². The van der Waals surface area contributed by atoms with Crippen LogP contribution in [0.1, 0.15) is 40.0 Å². The molecule has 1 heterocycles. The summed E-state index contributed by atoms with van der Waals surface area (Å²) in [5, 5.41) is 1.37. The summed E-state index contributed by atoms with van der Waals surface area (Å²) in [6, 6.07) is 0. The van der Waals surface area contributed by atoms with E-state index in [1.165, 1.54) is 5.06 Å². The fraction of sp³-hybridized carbons (Fsp3) is 0.923. The zero-order chi connectivity index (χ0) is 14.7. The molecule has 1 saturated heterocycles. The minimum atomic E-state index is -2.69. The Morgan fingerprint density at radius 1 is 1.47 bits per heavy atom. The van der Waals surface area contributed by atoms with Crippen LogP contribution in [0.2, 0.25) is 0 Å². The molecule has 0 bridgehead atoms. The molecule has 0 aromatic rings. The van der Waals surface area contributed by atoms with Crippen LogP contribution in [0.3, 0.4) is 0 Å². The molecule has 1 rings (SSSR count). The Labute approximate surface area is 113 Å². The largest absolute Gasteiger partial charge is 0.367 e. The zero-order valence-electron chi connectivity index (χ0n) is 11.9. The molecule has 0 radical (unpaired) electrons.